The molecule has 0 amide bonds. The summed E-state index contributed by atoms with van der Waals surface area (Å²) in [5, 5.41) is 9.92. The fraction of sp³-hybridized carbons (Fsp3) is 0.391. The molecule has 176 valence electrons. The molecule has 0 aliphatic heterocycles. The van der Waals surface area contributed by atoms with Crippen LogP contribution in [0.15, 0.2) is 53.3 Å². The van der Waals surface area contributed by atoms with Gasteiger partial charge in [0.2, 0.25) is 0 Å². The highest BCUT2D eigenvalue weighted by Gasteiger charge is 2.71. The first-order valence-corrected chi connectivity index (χ1v) is 10.4. The topological polar surface area (TPSA) is 55.1 Å². The van der Waals surface area contributed by atoms with E-state index in [2.05, 4.69) is 4.98 Å². The van der Waals surface area contributed by atoms with E-state index < -0.39 is 29.1 Å². The number of benzene rings is 2. The van der Waals surface area contributed by atoms with Gasteiger partial charge in [0.05, 0.1) is 16.6 Å². The first kappa shape index (κ1) is 23.3. The lowest BCUT2D eigenvalue weighted by Gasteiger charge is -2.32. The van der Waals surface area contributed by atoms with Crippen molar-refractivity contribution >= 4 is 10.9 Å². The average Bonchev–Trinajstić information content (AvgIpc) is 2.78. The highest BCUT2D eigenvalue weighted by Crippen LogP contribution is 2.50. The minimum absolute atomic E-state index is 0.0713. The van der Waals surface area contributed by atoms with Crippen LogP contribution < -0.4 is 5.56 Å². The smallest absolute Gasteiger partial charge is 0.369 e. The van der Waals surface area contributed by atoms with E-state index >= 15 is 0 Å². The van der Waals surface area contributed by atoms with Gasteiger partial charge in [0.25, 0.3) is 11.2 Å². The van der Waals surface area contributed by atoms with E-state index in [4.69, 9.17) is 0 Å². The van der Waals surface area contributed by atoms with Crippen LogP contribution in [0.5, 0.6) is 0 Å². The Morgan fingerprint density at radius 3 is 2.00 bits per heavy atom. The van der Waals surface area contributed by atoms with Crippen LogP contribution in [-0.4, -0.2) is 27.0 Å². The van der Waals surface area contributed by atoms with Crippen LogP contribution >= 0.6 is 0 Å². The molecule has 33 heavy (non-hydrogen) atoms. The second kappa shape index (κ2) is 8.16. The Bertz CT molecular complexity index is 1190. The van der Waals surface area contributed by atoms with Crippen LogP contribution in [0.3, 0.4) is 0 Å². The Morgan fingerprint density at radius 2 is 1.42 bits per heavy atom. The molecule has 4 rings (SSSR count). The molecule has 1 saturated carbocycles. The molecular formula is C23H20F6N2O2. The molecule has 1 aliphatic rings. The van der Waals surface area contributed by atoms with Crippen LogP contribution in [0.1, 0.15) is 49.4 Å². The van der Waals surface area contributed by atoms with Gasteiger partial charge >= 0.3 is 12.4 Å². The molecule has 0 radical (unpaired) electrons. The van der Waals surface area contributed by atoms with Crippen molar-refractivity contribution in [3.8, 4) is 5.69 Å². The number of rotatable bonds is 3. The quantitative estimate of drug-likeness (QED) is 0.497. The number of fused-ring (bicyclic) bond motifs is 1. The molecular weight excluding hydrogens is 450 g/mol. The molecule has 0 saturated heterocycles. The fourth-order valence-electron chi connectivity index (χ4n) is 4.37. The second-order valence-corrected chi connectivity index (χ2v) is 8.22. The third-order valence-corrected chi connectivity index (χ3v) is 6.14. The van der Waals surface area contributed by atoms with Crippen molar-refractivity contribution in [1.82, 2.24) is 9.55 Å². The number of aromatic nitrogens is 2. The molecule has 1 N–H and O–H groups in total. The molecule has 0 unspecified atom stereocenters. The zero-order valence-corrected chi connectivity index (χ0v) is 17.2. The SMILES string of the molecule is O=c1c2ccccc2nc(C2CCCCC2)n1-c1ccc(C(O)(C(F)(F)F)C(F)(F)F)cc1. The van der Waals surface area contributed by atoms with E-state index in [1.54, 1.807) is 24.3 Å². The van der Waals surface area contributed by atoms with Gasteiger partial charge in [0, 0.05) is 11.5 Å². The van der Waals surface area contributed by atoms with E-state index in [0.717, 1.165) is 44.2 Å². The van der Waals surface area contributed by atoms with Crippen molar-refractivity contribution in [2.24, 2.45) is 0 Å². The predicted molar refractivity (Wildman–Crippen MR) is 109 cm³/mol. The van der Waals surface area contributed by atoms with Gasteiger partial charge in [-0.05, 0) is 37.1 Å². The first-order chi connectivity index (χ1) is 15.4. The summed E-state index contributed by atoms with van der Waals surface area (Å²) in [6, 6.07) is 9.66. The molecule has 1 aliphatic carbocycles. The lowest BCUT2D eigenvalue weighted by molar-refractivity contribution is -0.376. The van der Waals surface area contributed by atoms with Gasteiger partial charge in [-0.2, -0.15) is 26.3 Å². The zero-order chi connectivity index (χ0) is 24.0. The summed E-state index contributed by atoms with van der Waals surface area (Å²) in [4.78, 5) is 17.9. The number of aliphatic hydroxyl groups is 1. The van der Waals surface area contributed by atoms with Gasteiger partial charge in [0.15, 0.2) is 0 Å². The highest BCUT2D eigenvalue weighted by molar-refractivity contribution is 5.77. The van der Waals surface area contributed by atoms with Crippen LogP contribution in [0.4, 0.5) is 26.3 Å². The molecule has 1 heterocycles. The number of hydrogen-bond acceptors (Lipinski definition) is 3. The third kappa shape index (κ3) is 3.90. The summed E-state index contributed by atoms with van der Waals surface area (Å²) >= 11 is 0. The van der Waals surface area contributed by atoms with E-state index in [0.29, 0.717) is 23.5 Å². The highest BCUT2D eigenvalue weighted by atomic mass is 19.4. The second-order valence-electron chi connectivity index (χ2n) is 8.22. The average molecular weight is 470 g/mol. The summed E-state index contributed by atoms with van der Waals surface area (Å²) in [5.74, 6) is 0.353. The number of alkyl halides is 6. The van der Waals surface area contributed by atoms with Crippen molar-refractivity contribution in [2.45, 2.75) is 56.0 Å². The van der Waals surface area contributed by atoms with Crippen LogP contribution in [0, 0.1) is 0 Å². The van der Waals surface area contributed by atoms with Gasteiger partial charge in [-0.3, -0.25) is 9.36 Å². The largest absolute Gasteiger partial charge is 0.430 e. The minimum Gasteiger partial charge on any atom is -0.369 e. The molecule has 0 spiro atoms. The summed E-state index contributed by atoms with van der Waals surface area (Å²) in [6.45, 7) is 0. The Balaban J connectivity index is 1.89. The van der Waals surface area contributed by atoms with E-state index in [1.165, 1.54) is 4.57 Å². The Morgan fingerprint density at radius 1 is 0.848 bits per heavy atom. The Labute approximate surface area is 184 Å². The molecule has 0 bridgehead atoms. The van der Waals surface area contributed by atoms with Crippen LogP contribution in [0.2, 0.25) is 0 Å². The Kier molecular flexibility index (Phi) is 5.76. The van der Waals surface area contributed by atoms with Crippen molar-refractivity contribution < 1.29 is 31.4 Å². The van der Waals surface area contributed by atoms with Crippen molar-refractivity contribution in [3.05, 3.63) is 70.3 Å². The maximum Gasteiger partial charge on any atom is 0.430 e. The fourth-order valence-corrected chi connectivity index (χ4v) is 4.37. The van der Waals surface area contributed by atoms with Crippen molar-refractivity contribution in [2.75, 3.05) is 0 Å². The third-order valence-electron chi connectivity index (χ3n) is 6.14. The van der Waals surface area contributed by atoms with Gasteiger partial charge in [-0.15, -0.1) is 0 Å². The first-order valence-electron chi connectivity index (χ1n) is 10.4. The van der Waals surface area contributed by atoms with Crippen LogP contribution in [0.25, 0.3) is 16.6 Å². The maximum atomic E-state index is 13.3. The van der Waals surface area contributed by atoms with E-state index in [9.17, 15) is 36.2 Å². The normalized spacial score (nSPS) is 16.3. The number of hydrogen-bond donors (Lipinski definition) is 1. The molecule has 4 nitrogen and oxygen atoms in total. The Hall–Kier alpha value is -2.88. The molecule has 1 aromatic heterocycles. The van der Waals surface area contributed by atoms with E-state index in [-0.39, 0.29) is 17.0 Å². The molecule has 1 fully saturated rings. The predicted octanol–water partition coefficient (Wildman–Crippen LogP) is 5.75. The maximum absolute atomic E-state index is 13.3. The number of nitrogens with zero attached hydrogens (tertiary/aromatic N) is 2. The molecule has 10 heteroatoms. The van der Waals surface area contributed by atoms with Crippen molar-refractivity contribution in [3.63, 3.8) is 0 Å². The number of para-hydroxylation sites is 1. The minimum atomic E-state index is -5.98. The molecule has 0 atom stereocenters. The molecule has 2 aromatic carbocycles. The lowest BCUT2D eigenvalue weighted by atomic mass is 9.88. The standard InChI is InChI=1S/C23H20F6N2O2/c24-22(25,26)21(33,23(27,28)29)15-10-12-16(13-11-15)31-19(14-6-2-1-3-7-14)30-18-9-5-4-8-17(18)20(31)32/h4-5,8-14,33H,1-3,6-7H2. The van der Waals surface area contributed by atoms with Crippen LogP contribution in [-0.2, 0) is 5.60 Å². The monoisotopic (exact) mass is 470 g/mol. The summed E-state index contributed by atoms with van der Waals surface area (Å²) in [5.41, 5.74) is -6.33. The summed E-state index contributed by atoms with van der Waals surface area (Å²) in [7, 11) is 0. The van der Waals surface area contributed by atoms with E-state index in [1.807, 2.05) is 0 Å². The summed E-state index contributed by atoms with van der Waals surface area (Å²) in [6.07, 6.45) is -7.54. The van der Waals surface area contributed by atoms with Gasteiger partial charge in [0.1, 0.15) is 5.82 Å². The van der Waals surface area contributed by atoms with Gasteiger partial charge in [-0.25, -0.2) is 4.98 Å². The number of halogens is 6. The lowest BCUT2D eigenvalue weighted by Crippen LogP contribution is -2.53. The van der Waals surface area contributed by atoms with Gasteiger partial charge < -0.3 is 5.11 Å². The zero-order valence-electron chi connectivity index (χ0n) is 17.2. The summed E-state index contributed by atoms with van der Waals surface area (Å²) < 4.78 is 80.6. The van der Waals surface area contributed by atoms with Crippen molar-refractivity contribution in [1.29, 1.82) is 0 Å². The van der Waals surface area contributed by atoms with Gasteiger partial charge in [-0.1, -0.05) is 43.5 Å². The molecule has 3 aromatic rings.